The molecule has 0 aromatic rings. The number of aliphatic carboxylic acids is 1. The minimum absolute atomic E-state index is 0. The number of carboxylic acids is 1. The normalized spacial score (nSPS) is 13.9. The summed E-state index contributed by atoms with van der Waals surface area (Å²) in [5.74, 6) is -1.15. The van der Waals surface area contributed by atoms with Crippen molar-refractivity contribution in [1.82, 2.24) is 5.32 Å². The summed E-state index contributed by atoms with van der Waals surface area (Å²) < 4.78 is 0. The third-order valence-corrected chi connectivity index (χ3v) is 1.79. The molecule has 0 saturated heterocycles. The molecule has 1 unspecified atom stereocenters. The van der Waals surface area contributed by atoms with Crippen LogP contribution in [0.2, 0.25) is 0 Å². The molecule has 1 amide bonds. The highest BCUT2D eigenvalue weighted by Gasteiger charge is 2.19. The molecule has 0 aliphatic rings. The maximum absolute atomic E-state index is 11.3. The number of hydrogen-bond acceptors (Lipinski definition) is 3. The highest BCUT2D eigenvalue weighted by Crippen LogP contribution is 2.02. The number of hydrogen-bond donors (Lipinski definition) is 3. The van der Waals surface area contributed by atoms with E-state index in [1.807, 2.05) is 13.8 Å². The number of carbonyl (C=O) groups excluding carboxylic acids is 1. The lowest BCUT2D eigenvalue weighted by atomic mass is 10.0. The van der Waals surface area contributed by atoms with E-state index in [2.05, 4.69) is 5.32 Å². The fraction of sp³-hybridized carbons (Fsp3) is 0.778. The molecule has 0 rings (SSSR count). The molecule has 0 fully saturated rings. The molecule has 0 saturated carbocycles. The number of nitrogens with one attached hydrogen (secondary N) is 1. The van der Waals surface area contributed by atoms with Crippen molar-refractivity contribution < 1.29 is 20.2 Å². The van der Waals surface area contributed by atoms with Gasteiger partial charge in [0, 0.05) is 0 Å². The predicted molar refractivity (Wildman–Crippen MR) is 56.3 cm³/mol. The standard InChI is InChI=1S/C9H18N2O3.H2O/c1-5(2)4-7(10)8(12)11-6(3)9(13)14;/h5-7H,4,10H2,1-3H3,(H,11,12)(H,13,14);1H2/t6?,7-;/m1./s1. The van der Waals surface area contributed by atoms with Gasteiger partial charge in [0.2, 0.25) is 5.91 Å². The number of amides is 1. The monoisotopic (exact) mass is 220 g/mol. The van der Waals surface area contributed by atoms with Crippen molar-refractivity contribution in [1.29, 1.82) is 0 Å². The van der Waals surface area contributed by atoms with Gasteiger partial charge in [-0.3, -0.25) is 9.59 Å². The summed E-state index contributed by atoms with van der Waals surface area (Å²) in [6.45, 7) is 5.31. The van der Waals surface area contributed by atoms with Gasteiger partial charge in [-0.05, 0) is 19.3 Å². The van der Waals surface area contributed by atoms with E-state index in [1.165, 1.54) is 6.92 Å². The summed E-state index contributed by atoms with van der Waals surface area (Å²) in [5.41, 5.74) is 5.56. The molecule has 0 heterocycles. The van der Waals surface area contributed by atoms with Crippen LogP contribution in [0.15, 0.2) is 0 Å². The van der Waals surface area contributed by atoms with E-state index >= 15 is 0 Å². The van der Waals surface area contributed by atoms with Crippen molar-refractivity contribution in [2.75, 3.05) is 0 Å². The average Bonchev–Trinajstić information content (AvgIpc) is 2.02. The van der Waals surface area contributed by atoms with Gasteiger partial charge in [-0.15, -0.1) is 0 Å². The highest BCUT2D eigenvalue weighted by atomic mass is 16.4. The van der Waals surface area contributed by atoms with Crippen LogP contribution in [-0.4, -0.2) is 34.5 Å². The molecule has 0 bridgehead atoms. The molecular formula is C9H20N2O4. The topological polar surface area (TPSA) is 124 Å². The second-order valence-electron chi connectivity index (χ2n) is 3.80. The third-order valence-electron chi connectivity index (χ3n) is 1.79. The Labute approximate surface area is 89.1 Å². The maximum atomic E-state index is 11.3. The molecule has 90 valence electrons. The molecule has 6 nitrogen and oxygen atoms in total. The van der Waals surface area contributed by atoms with E-state index in [0.717, 1.165) is 0 Å². The van der Waals surface area contributed by atoms with Crippen LogP contribution >= 0.6 is 0 Å². The van der Waals surface area contributed by atoms with Gasteiger partial charge in [-0.25, -0.2) is 0 Å². The number of rotatable bonds is 5. The lowest BCUT2D eigenvalue weighted by Gasteiger charge is -2.16. The van der Waals surface area contributed by atoms with Gasteiger partial charge in [-0.1, -0.05) is 13.8 Å². The van der Waals surface area contributed by atoms with E-state index < -0.39 is 24.0 Å². The maximum Gasteiger partial charge on any atom is 0.325 e. The third kappa shape index (κ3) is 6.87. The smallest absolute Gasteiger partial charge is 0.325 e. The first-order chi connectivity index (χ1) is 6.34. The van der Waals surface area contributed by atoms with Crippen LogP contribution in [0.5, 0.6) is 0 Å². The van der Waals surface area contributed by atoms with Crippen LogP contribution in [0.3, 0.4) is 0 Å². The quantitative estimate of drug-likeness (QED) is 0.556. The van der Waals surface area contributed by atoms with Gasteiger partial charge >= 0.3 is 5.97 Å². The van der Waals surface area contributed by atoms with Crippen molar-refractivity contribution in [3.63, 3.8) is 0 Å². The van der Waals surface area contributed by atoms with Gasteiger partial charge in [0.15, 0.2) is 0 Å². The molecule has 6 heteroatoms. The van der Waals surface area contributed by atoms with Crippen LogP contribution in [-0.2, 0) is 9.59 Å². The Hall–Kier alpha value is -1.14. The first-order valence-corrected chi connectivity index (χ1v) is 4.63. The second kappa shape index (κ2) is 7.19. The van der Waals surface area contributed by atoms with Crippen molar-refractivity contribution in [2.45, 2.75) is 39.3 Å². The van der Waals surface area contributed by atoms with Crippen LogP contribution in [0, 0.1) is 5.92 Å². The first-order valence-electron chi connectivity index (χ1n) is 4.63. The lowest BCUT2D eigenvalue weighted by Crippen LogP contribution is -2.47. The van der Waals surface area contributed by atoms with Gasteiger partial charge < -0.3 is 21.6 Å². The van der Waals surface area contributed by atoms with Gasteiger partial charge in [-0.2, -0.15) is 0 Å². The summed E-state index contributed by atoms with van der Waals surface area (Å²) in [7, 11) is 0. The second-order valence-corrected chi connectivity index (χ2v) is 3.80. The van der Waals surface area contributed by atoms with E-state index in [0.29, 0.717) is 12.3 Å². The first kappa shape index (κ1) is 16.3. The molecule has 2 atom stereocenters. The van der Waals surface area contributed by atoms with Crippen LogP contribution in [0.1, 0.15) is 27.2 Å². The summed E-state index contributed by atoms with van der Waals surface area (Å²) in [5, 5.41) is 10.9. The lowest BCUT2D eigenvalue weighted by molar-refractivity contribution is -0.141. The summed E-state index contributed by atoms with van der Waals surface area (Å²) in [6, 6.07) is -1.52. The average molecular weight is 220 g/mol. The molecule has 0 aromatic heterocycles. The Morgan fingerprint density at radius 1 is 1.33 bits per heavy atom. The van der Waals surface area contributed by atoms with Crippen molar-refractivity contribution in [3.8, 4) is 0 Å². The van der Waals surface area contributed by atoms with Crippen LogP contribution < -0.4 is 11.1 Å². The largest absolute Gasteiger partial charge is 0.480 e. The minimum Gasteiger partial charge on any atom is -0.480 e. The van der Waals surface area contributed by atoms with Gasteiger partial charge in [0.1, 0.15) is 6.04 Å². The highest BCUT2D eigenvalue weighted by molar-refractivity contribution is 5.86. The Morgan fingerprint density at radius 2 is 1.80 bits per heavy atom. The van der Waals surface area contributed by atoms with Crippen molar-refractivity contribution >= 4 is 11.9 Å². The fourth-order valence-electron chi connectivity index (χ4n) is 0.997. The van der Waals surface area contributed by atoms with Crippen LogP contribution in [0.25, 0.3) is 0 Å². The van der Waals surface area contributed by atoms with Crippen molar-refractivity contribution in [2.24, 2.45) is 11.7 Å². The number of carbonyl (C=O) groups is 2. The Kier molecular flexibility index (Phi) is 7.81. The van der Waals surface area contributed by atoms with E-state index in [9.17, 15) is 9.59 Å². The van der Waals surface area contributed by atoms with Crippen molar-refractivity contribution in [3.05, 3.63) is 0 Å². The summed E-state index contributed by atoms with van der Waals surface area (Å²) in [6.07, 6.45) is 0.554. The molecule has 0 aliphatic heterocycles. The van der Waals surface area contributed by atoms with E-state index in [1.54, 1.807) is 0 Å². The predicted octanol–water partition coefficient (Wildman–Crippen LogP) is -0.876. The molecular weight excluding hydrogens is 200 g/mol. The van der Waals surface area contributed by atoms with E-state index in [4.69, 9.17) is 10.8 Å². The molecule has 6 N–H and O–H groups in total. The molecule has 0 aromatic carbocycles. The molecule has 15 heavy (non-hydrogen) atoms. The number of nitrogens with two attached hydrogens (primary N) is 1. The molecule has 0 spiro atoms. The summed E-state index contributed by atoms with van der Waals surface area (Å²) >= 11 is 0. The minimum atomic E-state index is -1.06. The van der Waals surface area contributed by atoms with Gasteiger partial charge in [0.25, 0.3) is 0 Å². The zero-order valence-electron chi connectivity index (χ0n) is 9.28. The number of carboxylic acid groups (broad SMARTS) is 1. The zero-order valence-corrected chi connectivity index (χ0v) is 9.28. The molecule has 0 aliphatic carbocycles. The van der Waals surface area contributed by atoms with Crippen LogP contribution in [0.4, 0.5) is 0 Å². The van der Waals surface area contributed by atoms with E-state index in [-0.39, 0.29) is 5.48 Å². The summed E-state index contributed by atoms with van der Waals surface area (Å²) in [4.78, 5) is 21.7. The Balaban J connectivity index is 0. The Morgan fingerprint density at radius 3 is 2.13 bits per heavy atom. The molecule has 0 radical (unpaired) electrons. The fourth-order valence-corrected chi connectivity index (χ4v) is 0.997. The Bertz CT molecular complexity index is 218. The SMILES string of the molecule is CC(C)C[C@@H](N)C(=O)NC(C)C(=O)O.O. The zero-order chi connectivity index (χ0) is 11.3. The van der Waals surface area contributed by atoms with Gasteiger partial charge in [0.05, 0.1) is 6.04 Å².